The maximum Gasteiger partial charge on any atom is 0.306 e. The van der Waals surface area contributed by atoms with Gasteiger partial charge in [0, 0.05) is 32.8 Å². The van der Waals surface area contributed by atoms with Crippen molar-refractivity contribution in [3.8, 4) is 0 Å². The number of unbranched alkanes of at least 4 members (excludes halogenated alkanes) is 1. The maximum absolute atomic E-state index is 12.0. The summed E-state index contributed by atoms with van der Waals surface area (Å²) in [5.41, 5.74) is 0. The average molecular weight is 322 g/mol. The summed E-state index contributed by atoms with van der Waals surface area (Å²) < 4.78 is 33.3. The first kappa shape index (κ1) is 18.3. The molecule has 1 aliphatic heterocycles. The zero-order valence-electron chi connectivity index (χ0n) is 12.6. The molecule has 0 aliphatic carbocycles. The number of rotatable bonds is 10. The Morgan fingerprint density at radius 2 is 1.90 bits per heavy atom. The van der Waals surface area contributed by atoms with Gasteiger partial charge in [0.1, 0.15) is 0 Å². The Morgan fingerprint density at radius 3 is 2.48 bits per heavy atom. The van der Waals surface area contributed by atoms with Crippen molar-refractivity contribution in [2.45, 2.75) is 39.0 Å². The fourth-order valence-corrected chi connectivity index (χ4v) is 3.43. The Bertz CT molecular complexity index is 405. The zero-order chi connectivity index (χ0) is 15.7. The number of nitrogens with zero attached hydrogens (tertiary/aromatic N) is 1. The molecule has 1 aliphatic rings. The molecule has 21 heavy (non-hydrogen) atoms. The summed E-state index contributed by atoms with van der Waals surface area (Å²) in [5.74, 6) is -1.27. The SMILES string of the molecule is CCCCOCCCNS(=O)(=O)N1CCC(C(=O)O)CC1. The lowest BCUT2D eigenvalue weighted by molar-refractivity contribution is -0.142. The molecule has 0 aromatic carbocycles. The van der Waals surface area contributed by atoms with Crippen LogP contribution in [-0.4, -0.2) is 56.6 Å². The van der Waals surface area contributed by atoms with Gasteiger partial charge in [0.25, 0.3) is 10.2 Å². The van der Waals surface area contributed by atoms with Gasteiger partial charge in [0.2, 0.25) is 0 Å². The number of ether oxygens (including phenoxy) is 1. The van der Waals surface area contributed by atoms with Crippen molar-refractivity contribution in [2.24, 2.45) is 5.92 Å². The number of aliphatic carboxylic acids is 1. The second-order valence-corrected chi connectivity index (χ2v) is 6.99. The van der Waals surface area contributed by atoms with Gasteiger partial charge in [-0.15, -0.1) is 0 Å². The summed E-state index contributed by atoms with van der Waals surface area (Å²) in [6.45, 7) is 4.21. The zero-order valence-corrected chi connectivity index (χ0v) is 13.4. The predicted molar refractivity (Wildman–Crippen MR) is 79.2 cm³/mol. The number of carboxylic acid groups (broad SMARTS) is 1. The van der Waals surface area contributed by atoms with Crippen molar-refractivity contribution in [3.63, 3.8) is 0 Å². The number of nitrogens with one attached hydrogen (secondary N) is 1. The molecule has 0 aromatic rings. The number of hydrogen-bond donors (Lipinski definition) is 2. The normalized spacial score (nSPS) is 18.0. The number of hydrogen-bond acceptors (Lipinski definition) is 4. The van der Waals surface area contributed by atoms with Gasteiger partial charge in [-0.05, 0) is 25.7 Å². The third kappa shape index (κ3) is 6.73. The molecule has 0 saturated carbocycles. The molecule has 8 heteroatoms. The predicted octanol–water partition coefficient (Wildman–Crippen LogP) is 0.824. The van der Waals surface area contributed by atoms with E-state index in [9.17, 15) is 13.2 Å². The summed E-state index contributed by atoms with van der Waals surface area (Å²) in [6.07, 6.45) is 3.48. The monoisotopic (exact) mass is 322 g/mol. The highest BCUT2D eigenvalue weighted by Crippen LogP contribution is 2.18. The molecular weight excluding hydrogens is 296 g/mol. The van der Waals surface area contributed by atoms with Crippen LogP contribution in [-0.2, 0) is 19.7 Å². The van der Waals surface area contributed by atoms with Gasteiger partial charge in [0.05, 0.1) is 5.92 Å². The third-order valence-electron chi connectivity index (χ3n) is 3.54. The van der Waals surface area contributed by atoms with Crippen molar-refractivity contribution in [3.05, 3.63) is 0 Å². The van der Waals surface area contributed by atoms with Gasteiger partial charge in [-0.3, -0.25) is 4.79 Å². The van der Waals surface area contributed by atoms with E-state index < -0.39 is 22.1 Å². The van der Waals surface area contributed by atoms with Crippen LogP contribution in [0, 0.1) is 5.92 Å². The molecule has 1 rings (SSSR count). The van der Waals surface area contributed by atoms with Crippen LogP contribution < -0.4 is 4.72 Å². The highest BCUT2D eigenvalue weighted by molar-refractivity contribution is 7.87. The van der Waals surface area contributed by atoms with E-state index in [0.29, 0.717) is 39.0 Å². The molecule has 7 nitrogen and oxygen atoms in total. The topological polar surface area (TPSA) is 95.9 Å². The summed E-state index contributed by atoms with van der Waals surface area (Å²) in [6, 6.07) is 0. The van der Waals surface area contributed by atoms with Gasteiger partial charge < -0.3 is 9.84 Å². The third-order valence-corrected chi connectivity index (χ3v) is 5.15. The molecule has 0 spiro atoms. The molecule has 1 saturated heterocycles. The van der Waals surface area contributed by atoms with Crippen LogP contribution in [0.2, 0.25) is 0 Å². The van der Waals surface area contributed by atoms with Gasteiger partial charge >= 0.3 is 5.97 Å². The smallest absolute Gasteiger partial charge is 0.306 e. The van der Waals surface area contributed by atoms with E-state index >= 15 is 0 Å². The Hall–Kier alpha value is -0.700. The molecule has 2 N–H and O–H groups in total. The molecule has 1 fully saturated rings. The number of carboxylic acids is 1. The van der Waals surface area contributed by atoms with Gasteiger partial charge in [-0.25, -0.2) is 4.72 Å². The van der Waals surface area contributed by atoms with Crippen molar-refractivity contribution < 1.29 is 23.1 Å². The van der Waals surface area contributed by atoms with Crippen molar-refractivity contribution in [1.29, 1.82) is 0 Å². The van der Waals surface area contributed by atoms with Crippen LogP contribution in [0.25, 0.3) is 0 Å². The second kappa shape index (κ2) is 9.34. The molecule has 1 heterocycles. The van der Waals surface area contributed by atoms with Gasteiger partial charge in [-0.2, -0.15) is 12.7 Å². The molecule has 124 valence electrons. The lowest BCUT2D eigenvalue weighted by Crippen LogP contribution is -2.46. The minimum Gasteiger partial charge on any atom is -0.481 e. The van der Waals surface area contributed by atoms with E-state index in [-0.39, 0.29) is 13.1 Å². The van der Waals surface area contributed by atoms with E-state index in [1.807, 2.05) is 0 Å². The minimum atomic E-state index is -3.50. The fourth-order valence-electron chi connectivity index (χ4n) is 2.16. The lowest BCUT2D eigenvalue weighted by atomic mass is 9.99. The quantitative estimate of drug-likeness (QED) is 0.581. The summed E-state index contributed by atoms with van der Waals surface area (Å²) in [5, 5.41) is 8.89. The van der Waals surface area contributed by atoms with Crippen molar-refractivity contribution in [2.75, 3.05) is 32.8 Å². The molecule has 0 atom stereocenters. The molecule has 0 amide bonds. The first-order valence-electron chi connectivity index (χ1n) is 7.52. The van der Waals surface area contributed by atoms with E-state index in [4.69, 9.17) is 9.84 Å². The van der Waals surface area contributed by atoms with E-state index in [2.05, 4.69) is 11.6 Å². The Labute approximate surface area is 126 Å². The van der Waals surface area contributed by atoms with Gasteiger partial charge in [-0.1, -0.05) is 13.3 Å². The number of piperidine rings is 1. The van der Waals surface area contributed by atoms with Crippen LogP contribution in [0.3, 0.4) is 0 Å². The molecule has 0 aromatic heterocycles. The van der Waals surface area contributed by atoms with Crippen LogP contribution in [0.4, 0.5) is 0 Å². The minimum absolute atomic E-state index is 0.263. The van der Waals surface area contributed by atoms with Crippen LogP contribution >= 0.6 is 0 Å². The lowest BCUT2D eigenvalue weighted by Gasteiger charge is -2.29. The fraction of sp³-hybridized carbons (Fsp3) is 0.923. The highest BCUT2D eigenvalue weighted by Gasteiger charge is 2.30. The molecular formula is C13H26N2O5S. The van der Waals surface area contributed by atoms with Crippen LogP contribution in [0.5, 0.6) is 0 Å². The van der Waals surface area contributed by atoms with E-state index in [0.717, 1.165) is 12.8 Å². The van der Waals surface area contributed by atoms with Crippen LogP contribution in [0.15, 0.2) is 0 Å². The van der Waals surface area contributed by atoms with Crippen molar-refractivity contribution >= 4 is 16.2 Å². The number of carbonyl (C=O) groups is 1. The Kier molecular flexibility index (Phi) is 8.16. The van der Waals surface area contributed by atoms with E-state index in [1.165, 1.54) is 4.31 Å². The first-order chi connectivity index (χ1) is 9.97. The summed E-state index contributed by atoms with van der Waals surface area (Å²) in [7, 11) is -3.50. The molecule has 0 unspecified atom stereocenters. The standard InChI is InChI=1S/C13H26N2O5S/c1-2-3-10-20-11-4-7-14-21(18,19)15-8-5-12(6-9-15)13(16)17/h12,14H,2-11H2,1H3,(H,16,17). The van der Waals surface area contributed by atoms with E-state index in [1.54, 1.807) is 0 Å². The average Bonchev–Trinajstić information content (AvgIpc) is 2.46. The molecule has 0 bridgehead atoms. The van der Waals surface area contributed by atoms with Crippen molar-refractivity contribution in [1.82, 2.24) is 9.03 Å². The second-order valence-electron chi connectivity index (χ2n) is 5.23. The summed E-state index contributed by atoms with van der Waals surface area (Å²) in [4.78, 5) is 10.8. The molecule has 0 radical (unpaired) electrons. The Morgan fingerprint density at radius 1 is 1.29 bits per heavy atom. The first-order valence-corrected chi connectivity index (χ1v) is 8.96. The Balaban J connectivity index is 2.20. The summed E-state index contributed by atoms with van der Waals surface area (Å²) >= 11 is 0. The van der Waals surface area contributed by atoms with Gasteiger partial charge in [0.15, 0.2) is 0 Å². The van der Waals surface area contributed by atoms with Crippen LogP contribution in [0.1, 0.15) is 39.0 Å². The largest absolute Gasteiger partial charge is 0.481 e. The highest BCUT2D eigenvalue weighted by atomic mass is 32.2. The maximum atomic E-state index is 12.0.